The fourth-order valence-electron chi connectivity index (χ4n) is 2.02. The van der Waals surface area contributed by atoms with Gasteiger partial charge in [0.05, 0.1) is 4.90 Å². The Morgan fingerprint density at radius 1 is 1.05 bits per heavy atom. The van der Waals surface area contributed by atoms with Crippen LogP contribution in [0.25, 0.3) is 0 Å². The minimum absolute atomic E-state index is 0.343. The topological polar surface area (TPSA) is 50.3 Å². The average molecular weight is 325 g/mol. The Morgan fingerprint density at radius 2 is 1.62 bits per heavy atom. The molecule has 4 nitrogen and oxygen atoms in total. The first kappa shape index (κ1) is 15.9. The standard InChI is InChI=1S/C15H17ClN2O2S/c1-18(11-13-5-8-15(16)17-9-13)10-12-3-6-14(7-4-12)21(2,19)20/h3-9H,10-11H2,1-2H3. The number of pyridine rings is 1. The summed E-state index contributed by atoms with van der Waals surface area (Å²) in [7, 11) is -1.14. The molecular weight excluding hydrogens is 308 g/mol. The molecule has 0 spiro atoms. The van der Waals surface area contributed by atoms with Gasteiger partial charge in [0.2, 0.25) is 0 Å². The van der Waals surface area contributed by atoms with Crippen molar-refractivity contribution < 1.29 is 8.42 Å². The highest BCUT2D eigenvalue weighted by Gasteiger charge is 2.07. The molecule has 0 amide bonds. The lowest BCUT2D eigenvalue weighted by atomic mass is 10.2. The van der Waals surface area contributed by atoms with Crippen molar-refractivity contribution in [2.45, 2.75) is 18.0 Å². The SMILES string of the molecule is CN(Cc1ccc(S(C)(=O)=O)cc1)Cc1ccc(Cl)nc1. The molecule has 112 valence electrons. The van der Waals surface area contributed by atoms with Gasteiger partial charge in [-0.1, -0.05) is 29.8 Å². The molecule has 21 heavy (non-hydrogen) atoms. The number of hydrogen-bond acceptors (Lipinski definition) is 4. The zero-order valence-electron chi connectivity index (χ0n) is 12.0. The predicted molar refractivity (Wildman–Crippen MR) is 84.0 cm³/mol. The lowest BCUT2D eigenvalue weighted by Crippen LogP contribution is -2.17. The first-order chi connectivity index (χ1) is 9.84. The first-order valence-corrected chi connectivity index (χ1v) is 8.69. The quantitative estimate of drug-likeness (QED) is 0.794. The van der Waals surface area contributed by atoms with E-state index in [2.05, 4.69) is 9.88 Å². The van der Waals surface area contributed by atoms with Crippen molar-refractivity contribution in [1.29, 1.82) is 0 Å². The van der Waals surface area contributed by atoms with Crippen LogP contribution in [0, 0.1) is 0 Å². The Hall–Kier alpha value is -1.43. The van der Waals surface area contributed by atoms with Crippen LogP contribution in [-0.4, -0.2) is 31.6 Å². The molecule has 0 saturated heterocycles. The van der Waals surface area contributed by atoms with E-state index in [1.54, 1.807) is 24.4 Å². The van der Waals surface area contributed by atoms with Gasteiger partial charge in [-0.2, -0.15) is 0 Å². The molecule has 1 aromatic carbocycles. The van der Waals surface area contributed by atoms with Gasteiger partial charge in [0.1, 0.15) is 5.15 Å². The third-order valence-electron chi connectivity index (χ3n) is 3.05. The van der Waals surface area contributed by atoms with E-state index in [-0.39, 0.29) is 0 Å². The van der Waals surface area contributed by atoms with Crippen molar-refractivity contribution in [3.05, 3.63) is 58.9 Å². The van der Waals surface area contributed by atoms with E-state index in [4.69, 9.17) is 11.6 Å². The maximum Gasteiger partial charge on any atom is 0.175 e. The van der Waals surface area contributed by atoms with Crippen LogP contribution in [0.4, 0.5) is 0 Å². The summed E-state index contributed by atoms with van der Waals surface area (Å²) in [4.78, 5) is 6.52. The highest BCUT2D eigenvalue weighted by molar-refractivity contribution is 7.90. The molecule has 0 saturated carbocycles. The number of aromatic nitrogens is 1. The maximum absolute atomic E-state index is 11.4. The number of halogens is 1. The molecule has 6 heteroatoms. The maximum atomic E-state index is 11.4. The van der Waals surface area contributed by atoms with E-state index in [1.165, 1.54) is 6.26 Å². The van der Waals surface area contributed by atoms with E-state index in [9.17, 15) is 8.42 Å². The predicted octanol–water partition coefficient (Wildman–Crippen LogP) is 2.77. The second-order valence-corrected chi connectivity index (χ2v) is 7.48. The summed E-state index contributed by atoms with van der Waals surface area (Å²) in [6.07, 6.45) is 2.97. The van der Waals surface area contributed by atoms with Crippen LogP contribution in [0.2, 0.25) is 5.15 Å². The molecule has 2 aromatic rings. The third-order valence-corrected chi connectivity index (χ3v) is 4.40. The molecule has 0 aliphatic carbocycles. The largest absolute Gasteiger partial charge is 0.298 e. The fraction of sp³-hybridized carbons (Fsp3) is 0.267. The summed E-state index contributed by atoms with van der Waals surface area (Å²) in [6, 6.07) is 10.7. The first-order valence-electron chi connectivity index (χ1n) is 6.42. The van der Waals surface area contributed by atoms with Crippen molar-refractivity contribution in [3.63, 3.8) is 0 Å². The molecule has 1 heterocycles. The average Bonchev–Trinajstić information content (AvgIpc) is 2.41. The second-order valence-electron chi connectivity index (χ2n) is 5.08. The Bertz CT molecular complexity index is 697. The molecule has 0 fully saturated rings. The van der Waals surface area contributed by atoms with Crippen molar-refractivity contribution in [2.75, 3.05) is 13.3 Å². The van der Waals surface area contributed by atoms with Gasteiger partial charge >= 0.3 is 0 Å². The zero-order chi connectivity index (χ0) is 15.5. The van der Waals surface area contributed by atoms with E-state index < -0.39 is 9.84 Å². The fourth-order valence-corrected chi connectivity index (χ4v) is 2.76. The van der Waals surface area contributed by atoms with Crippen LogP contribution in [0.1, 0.15) is 11.1 Å². The van der Waals surface area contributed by atoms with Crippen LogP contribution in [0.3, 0.4) is 0 Å². The van der Waals surface area contributed by atoms with Gasteiger partial charge in [0.25, 0.3) is 0 Å². The van der Waals surface area contributed by atoms with E-state index in [1.807, 2.05) is 25.2 Å². The van der Waals surface area contributed by atoms with Crippen LogP contribution in [0.5, 0.6) is 0 Å². The van der Waals surface area contributed by atoms with Crippen molar-refractivity contribution >= 4 is 21.4 Å². The van der Waals surface area contributed by atoms with E-state index >= 15 is 0 Å². The Labute approximate surface area is 130 Å². The smallest absolute Gasteiger partial charge is 0.175 e. The summed E-state index contributed by atoms with van der Waals surface area (Å²) in [5, 5.41) is 0.484. The van der Waals surface area contributed by atoms with Gasteiger partial charge in [0, 0.05) is 25.5 Å². The normalized spacial score (nSPS) is 11.8. The molecule has 0 aliphatic rings. The zero-order valence-corrected chi connectivity index (χ0v) is 13.5. The van der Waals surface area contributed by atoms with Crippen molar-refractivity contribution in [1.82, 2.24) is 9.88 Å². The number of hydrogen-bond donors (Lipinski definition) is 0. The summed E-state index contributed by atoms with van der Waals surface area (Å²) < 4.78 is 22.8. The van der Waals surface area contributed by atoms with E-state index in [0.717, 1.165) is 24.2 Å². The number of rotatable bonds is 5. The highest BCUT2D eigenvalue weighted by atomic mass is 35.5. The molecule has 2 rings (SSSR count). The van der Waals surface area contributed by atoms with Gasteiger partial charge in [-0.15, -0.1) is 0 Å². The minimum Gasteiger partial charge on any atom is -0.298 e. The van der Waals surface area contributed by atoms with Gasteiger partial charge in [-0.25, -0.2) is 13.4 Å². The Balaban J connectivity index is 1.99. The molecule has 0 atom stereocenters. The van der Waals surface area contributed by atoms with Crippen LogP contribution in [0.15, 0.2) is 47.5 Å². The van der Waals surface area contributed by atoms with E-state index in [0.29, 0.717) is 10.0 Å². The Kier molecular flexibility index (Phi) is 4.98. The van der Waals surface area contributed by atoms with Gasteiger partial charge < -0.3 is 0 Å². The number of sulfone groups is 1. The minimum atomic E-state index is -3.14. The highest BCUT2D eigenvalue weighted by Crippen LogP contribution is 2.13. The number of nitrogens with zero attached hydrogens (tertiary/aromatic N) is 2. The summed E-state index contributed by atoms with van der Waals surface area (Å²) >= 11 is 5.76. The van der Waals surface area contributed by atoms with Gasteiger partial charge in [0.15, 0.2) is 9.84 Å². The van der Waals surface area contributed by atoms with Crippen LogP contribution < -0.4 is 0 Å². The van der Waals surface area contributed by atoms with Gasteiger partial charge in [-0.05, 0) is 36.4 Å². The summed E-state index contributed by atoms with van der Waals surface area (Å²) in [5.74, 6) is 0. The Morgan fingerprint density at radius 3 is 2.14 bits per heavy atom. The monoisotopic (exact) mass is 324 g/mol. The number of benzene rings is 1. The summed E-state index contributed by atoms with van der Waals surface area (Å²) in [6.45, 7) is 1.48. The second kappa shape index (κ2) is 6.56. The molecule has 0 radical (unpaired) electrons. The van der Waals surface area contributed by atoms with Gasteiger partial charge in [-0.3, -0.25) is 4.90 Å². The van der Waals surface area contributed by atoms with Crippen LogP contribution in [-0.2, 0) is 22.9 Å². The molecule has 0 aliphatic heterocycles. The third kappa shape index (κ3) is 4.81. The van der Waals surface area contributed by atoms with Crippen LogP contribution >= 0.6 is 11.6 Å². The summed E-state index contributed by atoms with van der Waals surface area (Å²) in [5.41, 5.74) is 2.14. The molecule has 0 N–H and O–H groups in total. The lowest BCUT2D eigenvalue weighted by Gasteiger charge is -2.16. The molecule has 0 bridgehead atoms. The lowest BCUT2D eigenvalue weighted by molar-refractivity contribution is 0.318. The van der Waals surface area contributed by atoms with Crippen molar-refractivity contribution in [3.8, 4) is 0 Å². The molecular formula is C15H17ClN2O2S. The molecule has 0 unspecified atom stereocenters. The van der Waals surface area contributed by atoms with Crippen molar-refractivity contribution in [2.24, 2.45) is 0 Å². The molecule has 1 aromatic heterocycles.